The van der Waals surface area contributed by atoms with E-state index in [0.717, 1.165) is 0 Å². The van der Waals surface area contributed by atoms with E-state index in [2.05, 4.69) is 19.7 Å². The molecule has 0 spiro atoms. The summed E-state index contributed by atoms with van der Waals surface area (Å²) in [6.45, 7) is -0.526. The molecule has 9 nitrogen and oxygen atoms in total. The number of anilines is 2. The van der Waals surface area contributed by atoms with Gasteiger partial charge in [0.1, 0.15) is 6.26 Å². The molecule has 0 saturated heterocycles. The summed E-state index contributed by atoms with van der Waals surface area (Å²) in [5.74, 6) is -1.16. The Morgan fingerprint density at radius 3 is 2.36 bits per heavy atom. The molecule has 3 rings (SSSR count). The number of nitrogens with one attached hydrogen (secondary N) is 2. The Bertz CT molecular complexity index is 1050. The van der Waals surface area contributed by atoms with Crippen molar-refractivity contribution in [2.45, 2.75) is 4.90 Å². The molecule has 2 N–H and O–H groups in total. The van der Waals surface area contributed by atoms with Crippen LogP contribution < -0.4 is 10.0 Å². The molecule has 0 aliphatic carbocycles. The molecule has 3 aromatic rings. The Morgan fingerprint density at radius 2 is 1.71 bits per heavy atom. The van der Waals surface area contributed by atoms with Crippen LogP contribution in [0.1, 0.15) is 10.4 Å². The van der Waals surface area contributed by atoms with Crippen LogP contribution in [0.3, 0.4) is 0 Å². The van der Waals surface area contributed by atoms with Crippen LogP contribution in [0, 0.1) is 0 Å². The number of sulfonamides is 1. The van der Waals surface area contributed by atoms with Crippen molar-refractivity contribution in [2.24, 2.45) is 0 Å². The molecule has 0 saturated carbocycles. The summed E-state index contributed by atoms with van der Waals surface area (Å²) in [6.07, 6.45) is 1.28. The van der Waals surface area contributed by atoms with Crippen molar-refractivity contribution in [3.05, 3.63) is 72.5 Å². The molecule has 1 amide bonds. The average Bonchev–Trinajstić information content (AvgIpc) is 3.19. The zero-order valence-electron chi connectivity index (χ0n) is 14.4. The SMILES string of the molecule is O=C(COC(=O)c1ccc(S(=O)(=O)Nc2ccccc2)cc1)Nc1ccon1. The summed E-state index contributed by atoms with van der Waals surface area (Å²) < 4.78 is 36.6. The van der Waals surface area contributed by atoms with Gasteiger partial charge >= 0.3 is 5.97 Å². The molecule has 144 valence electrons. The molecular weight excluding hydrogens is 386 g/mol. The van der Waals surface area contributed by atoms with E-state index in [1.807, 2.05) is 0 Å². The van der Waals surface area contributed by atoms with Gasteiger partial charge in [-0.15, -0.1) is 0 Å². The lowest BCUT2D eigenvalue weighted by Gasteiger charge is -2.09. The molecule has 0 unspecified atom stereocenters. The first-order valence-corrected chi connectivity index (χ1v) is 9.48. The lowest BCUT2D eigenvalue weighted by Crippen LogP contribution is -2.21. The molecule has 28 heavy (non-hydrogen) atoms. The fourth-order valence-electron chi connectivity index (χ4n) is 2.16. The Balaban J connectivity index is 1.58. The highest BCUT2D eigenvalue weighted by atomic mass is 32.2. The van der Waals surface area contributed by atoms with Crippen molar-refractivity contribution in [1.82, 2.24) is 5.16 Å². The molecule has 1 aromatic heterocycles. The minimum Gasteiger partial charge on any atom is -0.452 e. The van der Waals surface area contributed by atoms with Gasteiger partial charge in [0.25, 0.3) is 15.9 Å². The maximum atomic E-state index is 12.4. The van der Waals surface area contributed by atoms with Crippen LogP contribution in [0.15, 0.2) is 76.3 Å². The summed E-state index contributed by atoms with van der Waals surface area (Å²) >= 11 is 0. The zero-order valence-corrected chi connectivity index (χ0v) is 15.2. The minimum absolute atomic E-state index is 0.0170. The van der Waals surface area contributed by atoms with E-state index in [9.17, 15) is 18.0 Å². The van der Waals surface area contributed by atoms with Crippen LogP contribution in [0.25, 0.3) is 0 Å². The van der Waals surface area contributed by atoms with Gasteiger partial charge in [-0.05, 0) is 36.4 Å². The van der Waals surface area contributed by atoms with Crippen molar-refractivity contribution in [3.63, 3.8) is 0 Å². The van der Waals surface area contributed by atoms with E-state index < -0.39 is 28.5 Å². The predicted molar refractivity (Wildman–Crippen MR) is 99.1 cm³/mol. The van der Waals surface area contributed by atoms with Crippen molar-refractivity contribution < 1.29 is 27.3 Å². The summed E-state index contributed by atoms with van der Waals surface area (Å²) in [4.78, 5) is 23.6. The van der Waals surface area contributed by atoms with E-state index in [1.165, 1.54) is 36.6 Å². The van der Waals surface area contributed by atoms with Gasteiger partial charge in [0.2, 0.25) is 0 Å². The third kappa shape index (κ3) is 4.95. The van der Waals surface area contributed by atoms with Crippen LogP contribution in [0.5, 0.6) is 0 Å². The Morgan fingerprint density at radius 1 is 1.00 bits per heavy atom. The predicted octanol–water partition coefficient (Wildman–Crippen LogP) is 2.27. The number of esters is 1. The van der Waals surface area contributed by atoms with Crippen LogP contribution in [-0.4, -0.2) is 32.1 Å². The molecule has 0 atom stereocenters. The number of nitrogens with zero attached hydrogens (tertiary/aromatic N) is 1. The van der Waals surface area contributed by atoms with E-state index in [-0.39, 0.29) is 16.3 Å². The molecule has 2 aromatic carbocycles. The van der Waals surface area contributed by atoms with Gasteiger partial charge in [-0.1, -0.05) is 23.4 Å². The number of ether oxygens (including phenoxy) is 1. The van der Waals surface area contributed by atoms with Crippen LogP contribution in [0.2, 0.25) is 0 Å². The number of hydrogen-bond acceptors (Lipinski definition) is 7. The highest BCUT2D eigenvalue weighted by molar-refractivity contribution is 7.92. The highest BCUT2D eigenvalue weighted by Gasteiger charge is 2.16. The summed E-state index contributed by atoms with van der Waals surface area (Å²) in [6, 6.07) is 15.0. The summed E-state index contributed by atoms with van der Waals surface area (Å²) in [7, 11) is -3.79. The number of benzene rings is 2. The smallest absolute Gasteiger partial charge is 0.338 e. The number of carbonyl (C=O) groups excluding carboxylic acids is 2. The van der Waals surface area contributed by atoms with E-state index in [1.54, 1.807) is 30.3 Å². The van der Waals surface area contributed by atoms with Crippen LogP contribution in [0.4, 0.5) is 11.5 Å². The van der Waals surface area contributed by atoms with Gasteiger partial charge in [0.05, 0.1) is 10.5 Å². The maximum absolute atomic E-state index is 12.4. The maximum Gasteiger partial charge on any atom is 0.338 e. The number of aromatic nitrogens is 1. The highest BCUT2D eigenvalue weighted by Crippen LogP contribution is 2.16. The third-order valence-corrected chi connectivity index (χ3v) is 4.86. The van der Waals surface area contributed by atoms with Gasteiger partial charge in [0, 0.05) is 11.8 Å². The Hall–Kier alpha value is -3.66. The van der Waals surface area contributed by atoms with Crippen molar-refractivity contribution in [1.29, 1.82) is 0 Å². The fourth-order valence-corrected chi connectivity index (χ4v) is 3.22. The first-order valence-electron chi connectivity index (χ1n) is 7.99. The average molecular weight is 401 g/mol. The van der Waals surface area contributed by atoms with E-state index in [0.29, 0.717) is 5.69 Å². The quantitative estimate of drug-likeness (QED) is 0.581. The monoisotopic (exact) mass is 401 g/mol. The van der Waals surface area contributed by atoms with Crippen LogP contribution >= 0.6 is 0 Å². The third-order valence-electron chi connectivity index (χ3n) is 3.47. The second-order valence-corrected chi connectivity index (χ2v) is 7.19. The van der Waals surface area contributed by atoms with Crippen molar-refractivity contribution >= 4 is 33.4 Å². The van der Waals surface area contributed by atoms with Gasteiger partial charge < -0.3 is 14.6 Å². The van der Waals surface area contributed by atoms with Crippen LogP contribution in [-0.2, 0) is 19.6 Å². The Kier molecular flexibility index (Phi) is 5.70. The lowest BCUT2D eigenvalue weighted by molar-refractivity contribution is -0.119. The first-order chi connectivity index (χ1) is 13.4. The number of hydrogen-bond donors (Lipinski definition) is 2. The van der Waals surface area contributed by atoms with Gasteiger partial charge in [-0.2, -0.15) is 0 Å². The van der Waals surface area contributed by atoms with Gasteiger partial charge in [-0.3, -0.25) is 9.52 Å². The normalized spacial score (nSPS) is 10.9. The topological polar surface area (TPSA) is 128 Å². The molecule has 0 bridgehead atoms. The minimum atomic E-state index is -3.79. The first kappa shape index (κ1) is 19.1. The largest absolute Gasteiger partial charge is 0.452 e. The summed E-state index contributed by atoms with van der Waals surface area (Å²) in [5.41, 5.74) is 0.525. The zero-order chi connectivity index (χ0) is 20.0. The summed E-state index contributed by atoms with van der Waals surface area (Å²) in [5, 5.41) is 5.87. The van der Waals surface area contributed by atoms with Gasteiger partial charge in [0.15, 0.2) is 12.4 Å². The van der Waals surface area contributed by atoms with Crippen molar-refractivity contribution in [2.75, 3.05) is 16.6 Å². The molecule has 0 aliphatic rings. The standard InChI is InChI=1S/C18H15N3O6S/c22-17(19-16-10-11-27-20-16)12-26-18(23)13-6-8-15(9-7-13)28(24,25)21-14-4-2-1-3-5-14/h1-11,21H,12H2,(H,19,20,22). The molecular formula is C18H15N3O6S. The van der Waals surface area contributed by atoms with Crippen molar-refractivity contribution in [3.8, 4) is 0 Å². The molecule has 0 radical (unpaired) electrons. The Labute approximate surface area is 160 Å². The molecule has 0 aliphatic heterocycles. The molecule has 0 fully saturated rings. The second-order valence-electron chi connectivity index (χ2n) is 5.50. The molecule has 1 heterocycles. The number of para-hydroxylation sites is 1. The number of carbonyl (C=O) groups is 2. The van der Waals surface area contributed by atoms with E-state index >= 15 is 0 Å². The lowest BCUT2D eigenvalue weighted by atomic mass is 10.2. The number of rotatable bonds is 7. The van der Waals surface area contributed by atoms with Gasteiger partial charge in [-0.25, -0.2) is 13.2 Å². The number of amides is 1. The van der Waals surface area contributed by atoms with E-state index in [4.69, 9.17) is 4.74 Å². The fraction of sp³-hybridized carbons (Fsp3) is 0.0556. The second kappa shape index (κ2) is 8.35. The molecule has 10 heteroatoms.